The molecule has 0 N–H and O–H groups in total. The first-order valence-electron chi connectivity index (χ1n) is 6.51. The molecule has 0 saturated heterocycles. The Balaban J connectivity index is 2.57. The van der Waals surface area contributed by atoms with Gasteiger partial charge < -0.3 is 4.74 Å². The van der Waals surface area contributed by atoms with Crippen LogP contribution in [0.4, 0.5) is 0 Å². The normalized spacial score (nSPS) is 12.4. The van der Waals surface area contributed by atoms with E-state index < -0.39 is 0 Å². The van der Waals surface area contributed by atoms with Crippen LogP contribution in [0.5, 0.6) is 5.75 Å². The van der Waals surface area contributed by atoms with Crippen LogP contribution in [-0.2, 0) is 0 Å². The molecule has 1 unspecified atom stereocenters. The molecule has 0 radical (unpaired) electrons. The van der Waals surface area contributed by atoms with Gasteiger partial charge in [0, 0.05) is 0 Å². The molecule has 0 aliphatic heterocycles. The molecule has 0 bridgehead atoms. The maximum atomic E-state index is 5.86. The number of hydrogen-bond donors (Lipinski definition) is 0. The Hall–Kier alpha value is -0.980. The molecule has 0 aromatic heterocycles. The molecule has 0 amide bonds. The van der Waals surface area contributed by atoms with Crippen LogP contribution < -0.4 is 4.74 Å². The molecular weight excluding hydrogens is 196 g/mol. The van der Waals surface area contributed by atoms with Gasteiger partial charge in [0.1, 0.15) is 5.75 Å². The average molecular weight is 220 g/mol. The molecule has 1 aromatic rings. The molecule has 90 valence electrons. The maximum Gasteiger partial charge on any atom is 0.122 e. The molecule has 16 heavy (non-hydrogen) atoms. The van der Waals surface area contributed by atoms with E-state index in [0.717, 1.165) is 25.2 Å². The monoisotopic (exact) mass is 220 g/mol. The van der Waals surface area contributed by atoms with Crippen LogP contribution in [-0.4, -0.2) is 6.61 Å². The summed E-state index contributed by atoms with van der Waals surface area (Å²) in [7, 11) is 0. The summed E-state index contributed by atoms with van der Waals surface area (Å²) in [6.07, 6.45) is 4.82. The second kappa shape index (κ2) is 7.32. The molecule has 1 nitrogen and oxygen atoms in total. The van der Waals surface area contributed by atoms with Crippen molar-refractivity contribution in [1.82, 2.24) is 0 Å². The van der Waals surface area contributed by atoms with E-state index in [9.17, 15) is 0 Å². The fourth-order valence-corrected chi connectivity index (χ4v) is 1.77. The lowest BCUT2D eigenvalue weighted by Crippen LogP contribution is -2.02. The molecule has 1 rings (SSSR count). The molecule has 1 heteroatoms. The van der Waals surface area contributed by atoms with Gasteiger partial charge in [-0.25, -0.2) is 0 Å². The van der Waals surface area contributed by atoms with Crippen LogP contribution in [0.1, 0.15) is 57.9 Å². The van der Waals surface area contributed by atoms with Gasteiger partial charge in [-0.15, -0.1) is 0 Å². The zero-order valence-corrected chi connectivity index (χ0v) is 10.8. The highest BCUT2D eigenvalue weighted by atomic mass is 16.5. The van der Waals surface area contributed by atoms with E-state index in [2.05, 4.69) is 45.0 Å². The zero-order valence-electron chi connectivity index (χ0n) is 10.8. The van der Waals surface area contributed by atoms with Crippen molar-refractivity contribution < 1.29 is 4.74 Å². The molecule has 0 spiro atoms. The third-order valence-electron chi connectivity index (χ3n) is 3.07. The predicted octanol–water partition coefficient (Wildman–Crippen LogP) is 4.77. The van der Waals surface area contributed by atoms with E-state index in [0.29, 0.717) is 5.92 Å². The van der Waals surface area contributed by atoms with E-state index in [1.165, 1.54) is 18.4 Å². The van der Waals surface area contributed by atoms with Gasteiger partial charge in [0.25, 0.3) is 0 Å². The fraction of sp³-hybridized carbons (Fsp3) is 0.600. The van der Waals surface area contributed by atoms with Gasteiger partial charge in [-0.3, -0.25) is 0 Å². The van der Waals surface area contributed by atoms with Crippen molar-refractivity contribution >= 4 is 0 Å². The van der Waals surface area contributed by atoms with E-state index in [1.807, 2.05) is 0 Å². The smallest absolute Gasteiger partial charge is 0.122 e. The highest BCUT2D eigenvalue weighted by molar-refractivity contribution is 5.35. The first kappa shape index (κ1) is 13.1. The summed E-state index contributed by atoms with van der Waals surface area (Å²) in [5.41, 5.74) is 1.35. The quantitative estimate of drug-likeness (QED) is 0.601. The van der Waals surface area contributed by atoms with E-state index in [1.54, 1.807) is 0 Å². The van der Waals surface area contributed by atoms with Crippen LogP contribution in [0, 0.1) is 0 Å². The van der Waals surface area contributed by atoms with Crippen LogP contribution in [0.3, 0.4) is 0 Å². The van der Waals surface area contributed by atoms with Crippen LogP contribution in [0.25, 0.3) is 0 Å². The number of hydrogen-bond acceptors (Lipinski definition) is 1. The summed E-state index contributed by atoms with van der Waals surface area (Å²) < 4.78 is 5.86. The van der Waals surface area contributed by atoms with Gasteiger partial charge in [0.15, 0.2) is 0 Å². The second-order valence-electron chi connectivity index (χ2n) is 4.40. The topological polar surface area (TPSA) is 9.23 Å². The molecule has 0 aliphatic carbocycles. The number of unbranched alkanes of at least 4 members (excludes halogenated alkanes) is 2. The largest absolute Gasteiger partial charge is 0.493 e. The molecule has 1 atom stereocenters. The lowest BCUT2D eigenvalue weighted by molar-refractivity contribution is 0.301. The molecule has 1 aromatic carbocycles. The van der Waals surface area contributed by atoms with Crippen molar-refractivity contribution in [3.63, 3.8) is 0 Å². The van der Waals surface area contributed by atoms with Crippen LogP contribution in [0.15, 0.2) is 24.3 Å². The molecular formula is C15H24O. The van der Waals surface area contributed by atoms with E-state index >= 15 is 0 Å². The minimum Gasteiger partial charge on any atom is -0.493 e. The Morgan fingerprint density at radius 1 is 1.12 bits per heavy atom. The van der Waals surface area contributed by atoms with Gasteiger partial charge >= 0.3 is 0 Å². The first-order chi connectivity index (χ1) is 7.79. The summed E-state index contributed by atoms with van der Waals surface area (Å²) in [6.45, 7) is 7.54. The van der Waals surface area contributed by atoms with Gasteiger partial charge in [-0.1, -0.05) is 51.8 Å². The van der Waals surface area contributed by atoms with Gasteiger partial charge in [-0.2, -0.15) is 0 Å². The standard InChI is InChI=1S/C15H24O/c1-4-6-9-12-16-15-11-8-7-10-14(15)13(3)5-2/h7-8,10-11,13H,4-6,9,12H2,1-3H3. The maximum absolute atomic E-state index is 5.86. The van der Waals surface area contributed by atoms with Crippen molar-refractivity contribution in [1.29, 1.82) is 0 Å². The zero-order chi connectivity index (χ0) is 11.8. The van der Waals surface area contributed by atoms with Crippen molar-refractivity contribution in [2.24, 2.45) is 0 Å². The molecule has 0 heterocycles. The van der Waals surface area contributed by atoms with E-state index in [4.69, 9.17) is 4.74 Å². The lowest BCUT2D eigenvalue weighted by Gasteiger charge is -2.15. The molecule has 0 saturated carbocycles. The first-order valence-corrected chi connectivity index (χ1v) is 6.51. The summed E-state index contributed by atoms with van der Waals surface area (Å²) in [5, 5.41) is 0. The second-order valence-corrected chi connectivity index (χ2v) is 4.40. The van der Waals surface area contributed by atoms with Gasteiger partial charge in [0.2, 0.25) is 0 Å². The number of para-hydroxylation sites is 1. The van der Waals surface area contributed by atoms with Gasteiger partial charge in [0.05, 0.1) is 6.61 Å². The summed E-state index contributed by atoms with van der Waals surface area (Å²) in [5.74, 6) is 1.66. The molecule has 0 fully saturated rings. The Bertz CT molecular complexity index is 293. The summed E-state index contributed by atoms with van der Waals surface area (Å²) in [4.78, 5) is 0. The minimum absolute atomic E-state index is 0.586. The minimum atomic E-state index is 0.586. The van der Waals surface area contributed by atoms with Crippen molar-refractivity contribution in [2.45, 2.75) is 52.4 Å². The Labute approximate surface area is 99.8 Å². The van der Waals surface area contributed by atoms with E-state index in [-0.39, 0.29) is 0 Å². The fourth-order valence-electron chi connectivity index (χ4n) is 1.77. The lowest BCUT2D eigenvalue weighted by atomic mass is 9.98. The summed E-state index contributed by atoms with van der Waals surface area (Å²) >= 11 is 0. The van der Waals surface area contributed by atoms with Crippen molar-refractivity contribution in [3.8, 4) is 5.75 Å². The molecule has 0 aliphatic rings. The number of rotatable bonds is 7. The Morgan fingerprint density at radius 3 is 2.56 bits per heavy atom. The Kier molecular flexibility index (Phi) is 5.99. The van der Waals surface area contributed by atoms with Gasteiger partial charge in [-0.05, 0) is 30.4 Å². The van der Waals surface area contributed by atoms with Crippen LogP contribution >= 0.6 is 0 Å². The van der Waals surface area contributed by atoms with Crippen molar-refractivity contribution in [2.75, 3.05) is 6.61 Å². The highest BCUT2D eigenvalue weighted by Crippen LogP contribution is 2.28. The van der Waals surface area contributed by atoms with Crippen LogP contribution in [0.2, 0.25) is 0 Å². The third kappa shape index (κ3) is 3.88. The summed E-state index contributed by atoms with van der Waals surface area (Å²) in [6, 6.07) is 8.43. The SMILES string of the molecule is CCCCCOc1ccccc1C(C)CC. The highest BCUT2D eigenvalue weighted by Gasteiger charge is 2.08. The number of benzene rings is 1. The third-order valence-corrected chi connectivity index (χ3v) is 3.07. The van der Waals surface area contributed by atoms with Crippen molar-refractivity contribution in [3.05, 3.63) is 29.8 Å². The Morgan fingerprint density at radius 2 is 1.88 bits per heavy atom. The predicted molar refractivity (Wildman–Crippen MR) is 70.2 cm³/mol. The average Bonchev–Trinajstić information content (AvgIpc) is 2.34. The number of ether oxygens (including phenoxy) is 1.